The minimum absolute atomic E-state index is 0.257. The van der Waals surface area contributed by atoms with Crippen LogP contribution < -0.4 is 14.8 Å². The Morgan fingerprint density at radius 1 is 1.09 bits per heavy atom. The van der Waals surface area contributed by atoms with Crippen LogP contribution in [0.2, 0.25) is 0 Å². The summed E-state index contributed by atoms with van der Waals surface area (Å²) in [7, 11) is -3.68. The fraction of sp³-hybridized carbons (Fsp3) is 0.133. The molecular formula is C15H16N2O4S. The Labute approximate surface area is 129 Å². The van der Waals surface area contributed by atoms with E-state index < -0.39 is 22.5 Å². The van der Waals surface area contributed by atoms with Gasteiger partial charge in [0, 0.05) is 0 Å². The third-order valence-electron chi connectivity index (χ3n) is 2.80. The second-order valence-corrected chi connectivity index (χ2v) is 6.53. The lowest BCUT2D eigenvalue weighted by Gasteiger charge is -2.23. The zero-order valence-electron chi connectivity index (χ0n) is 12.0. The summed E-state index contributed by atoms with van der Waals surface area (Å²) in [5.41, 5.74) is 5.40. The van der Waals surface area contributed by atoms with E-state index in [1.807, 2.05) is 6.07 Å². The molecule has 0 bridgehead atoms. The standard InChI is InChI=1S/C15H16N2O4S/c1-22(19,20)17(11-15(16)18)13-9-5-6-10-14(13)21-12-7-3-2-4-8-12/h2-10H,11H2,1H3,(H2,16,18). The van der Waals surface area contributed by atoms with E-state index in [0.29, 0.717) is 11.5 Å². The molecule has 0 aromatic heterocycles. The number of carbonyl (C=O) groups is 1. The average Bonchev–Trinajstić information content (AvgIpc) is 2.45. The molecule has 2 aromatic carbocycles. The summed E-state index contributed by atoms with van der Waals surface area (Å²) >= 11 is 0. The first-order valence-electron chi connectivity index (χ1n) is 6.46. The van der Waals surface area contributed by atoms with Crippen molar-refractivity contribution in [2.24, 2.45) is 5.73 Å². The Morgan fingerprint density at radius 2 is 1.68 bits per heavy atom. The Balaban J connectivity index is 2.43. The normalized spacial score (nSPS) is 11.0. The van der Waals surface area contributed by atoms with Crippen LogP contribution >= 0.6 is 0 Å². The quantitative estimate of drug-likeness (QED) is 0.877. The molecule has 0 saturated carbocycles. The molecule has 22 heavy (non-hydrogen) atoms. The number of carbonyl (C=O) groups excluding carboxylic acids is 1. The topological polar surface area (TPSA) is 89.7 Å². The second kappa shape index (κ2) is 6.48. The lowest BCUT2D eigenvalue weighted by atomic mass is 10.3. The van der Waals surface area contributed by atoms with Crippen LogP contribution in [0.1, 0.15) is 0 Å². The van der Waals surface area contributed by atoms with Crippen LogP contribution in [0.15, 0.2) is 54.6 Å². The molecule has 0 spiro atoms. The summed E-state index contributed by atoms with van der Waals surface area (Å²) < 4.78 is 30.5. The molecular weight excluding hydrogens is 304 g/mol. The first-order valence-corrected chi connectivity index (χ1v) is 8.30. The van der Waals surface area contributed by atoms with Gasteiger partial charge in [-0.05, 0) is 24.3 Å². The van der Waals surface area contributed by atoms with Crippen molar-refractivity contribution in [1.29, 1.82) is 0 Å². The molecule has 2 aromatic rings. The van der Waals surface area contributed by atoms with E-state index in [1.54, 1.807) is 48.5 Å². The van der Waals surface area contributed by atoms with E-state index in [0.717, 1.165) is 10.6 Å². The average molecular weight is 320 g/mol. The van der Waals surface area contributed by atoms with Gasteiger partial charge in [-0.15, -0.1) is 0 Å². The van der Waals surface area contributed by atoms with E-state index in [4.69, 9.17) is 10.5 Å². The molecule has 0 saturated heterocycles. The number of hydrogen-bond donors (Lipinski definition) is 1. The van der Waals surface area contributed by atoms with E-state index in [1.165, 1.54) is 0 Å². The van der Waals surface area contributed by atoms with E-state index >= 15 is 0 Å². The summed E-state index contributed by atoms with van der Waals surface area (Å²) in [6.07, 6.45) is 1.01. The number of hydrogen-bond acceptors (Lipinski definition) is 4. The monoisotopic (exact) mass is 320 g/mol. The number of benzene rings is 2. The minimum Gasteiger partial charge on any atom is -0.455 e. The van der Waals surface area contributed by atoms with Gasteiger partial charge in [0.2, 0.25) is 15.9 Å². The predicted molar refractivity (Wildman–Crippen MR) is 84.3 cm³/mol. The van der Waals surface area contributed by atoms with E-state index in [-0.39, 0.29) is 5.69 Å². The first-order chi connectivity index (χ1) is 10.4. The summed E-state index contributed by atoms with van der Waals surface area (Å²) in [6.45, 7) is -0.450. The number of para-hydroxylation sites is 3. The van der Waals surface area contributed by atoms with Gasteiger partial charge in [0.25, 0.3) is 0 Å². The zero-order chi connectivity index (χ0) is 16.2. The Bertz CT molecular complexity index is 760. The Kier molecular flexibility index (Phi) is 4.67. The molecule has 1 amide bonds. The molecule has 0 aliphatic carbocycles. The van der Waals surface area contributed by atoms with Crippen LogP contribution in [0.25, 0.3) is 0 Å². The van der Waals surface area contributed by atoms with Crippen LogP contribution in [-0.2, 0) is 14.8 Å². The lowest BCUT2D eigenvalue weighted by Crippen LogP contribution is -2.38. The highest BCUT2D eigenvalue weighted by Gasteiger charge is 2.23. The minimum atomic E-state index is -3.68. The lowest BCUT2D eigenvalue weighted by molar-refractivity contribution is -0.116. The number of nitrogens with zero attached hydrogens (tertiary/aromatic N) is 1. The van der Waals surface area contributed by atoms with Crippen LogP contribution in [0.3, 0.4) is 0 Å². The number of rotatable bonds is 6. The van der Waals surface area contributed by atoms with Crippen molar-refractivity contribution in [2.45, 2.75) is 0 Å². The molecule has 2 rings (SSSR count). The van der Waals surface area contributed by atoms with Crippen molar-refractivity contribution in [3.63, 3.8) is 0 Å². The maximum atomic E-state index is 11.9. The summed E-state index contributed by atoms with van der Waals surface area (Å²) in [5, 5.41) is 0. The second-order valence-electron chi connectivity index (χ2n) is 4.62. The van der Waals surface area contributed by atoms with Crippen LogP contribution in [0.5, 0.6) is 11.5 Å². The molecule has 7 heteroatoms. The third-order valence-corrected chi connectivity index (χ3v) is 3.93. The van der Waals surface area contributed by atoms with Crippen molar-refractivity contribution in [1.82, 2.24) is 0 Å². The number of anilines is 1. The van der Waals surface area contributed by atoms with Gasteiger partial charge in [-0.2, -0.15) is 0 Å². The molecule has 0 heterocycles. The summed E-state index contributed by atoms with van der Waals surface area (Å²) in [6, 6.07) is 15.5. The number of sulfonamides is 1. The molecule has 0 aliphatic heterocycles. The number of amides is 1. The van der Waals surface area contributed by atoms with Crippen molar-refractivity contribution in [2.75, 3.05) is 17.1 Å². The Morgan fingerprint density at radius 3 is 2.27 bits per heavy atom. The van der Waals surface area contributed by atoms with Gasteiger partial charge < -0.3 is 10.5 Å². The number of primary amides is 1. The molecule has 0 fully saturated rings. The van der Waals surface area contributed by atoms with Crippen LogP contribution in [0, 0.1) is 0 Å². The molecule has 0 atom stereocenters. The Hall–Kier alpha value is -2.54. The zero-order valence-corrected chi connectivity index (χ0v) is 12.8. The highest BCUT2D eigenvalue weighted by molar-refractivity contribution is 7.92. The van der Waals surface area contributed by atoms with Gasteiger partial charge in [0.15, 0.2) is 5.75 Å². The molecule has 0 aliphatic rings. The summed E-state index contributed by atoms with van der Waals surface area (Å²) in [5.74, 6) is 0.128. The highest BCUT2D eigenvalue weighted by Crippen LogP contribution is 2.33. The van der Waals surface area contributed by atoms with Gasteiger partial charge in [-0.1, -0.05) is 30.3 Å². The summed E-state index contributed by atoms with van der Waals surface area (Å²) in [4.78, 5) is 11.2. The van der Waals surface area contributed by atoms with Crippen molar-refractivity contribution in [3.8, 4) is 11.5 Å². The van der Waals surface area contributed by atoms with Crippen molar-refractivity contribution >= 4 is 21.6 Å². The fourth-order valence-electron chi connectivity index (χ4n) is 1.89. The fourth-order valence-corrected chi connectivity index (χ4v) is 2.76. The maximum Gasteiger partial charge on any atom is 0.238 e. The van der Waals surface area contributed by atoms with Crippen LogP contribution in [0.4, 0.5) is 5.69 Å². The number of nitrogens with two attached hydrogens (primary N) is 1. The largest absolute Gasteiger partial charge is 0.455 e. The SMILES string of the molecule is CS(=O)(=O)N(CC(N)=O)c1ccccc1Oc1ccccc1. The van der Waals surface area contributed by atoms with Gasteiger partial charge in [-0.25, -0.2) is 8.42 Å². The van der Waals surface area contributed by atoms with Crippen molar-refractivity contribution < 1.29 is 17.9 Å². The maximum absolute atomic E-state index is 11.9. The van der Waals surface area contributed by atoms with E-state index in [2.05, 4.69) is 0 Å². The van der Waals surface area contributed by atoms with Gasteiger partial charge in [-0.3, -0.25) is 9.10 Å². The van der Waals surface area contributed by atoms with Gasteiger partial charge >= 0.3 is 0 Å². The molecule has 0 radical (unpaired) electrons. The molecule has 116 valence electrons. The van der Waals surface area contributed by atoms with Crippen LogP contribution in [-0.4, -0.2) is 27.1 Å². The highest BCUT2D eigenvalue weighted by atomic mass is 32.2. The van der Waals surface area contributed by atoms with E-state index in [9.17, 15) is 13.2 Å². The predicted octanol–water partition coefficient (Wildman–Crippen LogP) is 1.73. The number of ether oxygens (including phenoxy) is 1. The first kappa shape index (κ1) is 15.8. The molecule has 6 nitrogen and oxygen atoms in total. The van der Waals surface area contributed by atoms with Gasteiger partial charge in [0.05, 0.1) is 11.9 Å². The van der Waals surface area contributed by atoms with Crippen molar-refractivity contribution in [3.05, 3.63) is 54.6 Å². The smallest absolute Gasteiger partial charge is 0.238 e. The third kappa shape index (κ3) is 3.98. The van der Waals surface area contributed by atoms with Gasteiger partial charge in [0.1, 0.15) is 12.3 Å². The molecule has 2 N–H and O–H groups in total. The molecule has 0 unspecified atom stereocenters.